The third-order valence-corrected chi connectivity index (χ3v) is 3.02. The van der Waals surface area contributed by atoms with Gasteiger partial charge in [-0.25, -0.2) is 0 Å². The van der Waals surface area contributed by atoms with Gasteiger partial charge in [0.05, 0.1) is 19.1 Å². The predicted molar refractivity (Wildman–Crippen MR) is 55.0 cm³/mol. The van der Waals surface area contributed by atoms with Crippen LogP contribution in [0.4, 0.5) is 0 Å². The van der Waals surface area contributed by atoms with Crippen LogP contribution in [0.3, 0.4) is 0 Å². The zero-order valence-electron chi connectivity index (χ0n) is 9.23. The maximum atomic E-state index is 11.2. The lowest BCUT2D eigenvalue weighted by atomic mass is 9.96. The number of primary amides is 1. The number of ether oxygens (including phenoxy) is 1. The second-order valence-electron chi connectivity index (χ2n) is 3.91. The van der Waals surface area contributed by atoms with Crippen LogP contribution < -0.4 is 5.73 Å². The fourth-order valence-corrected chi connectivity index (χ4v) is 1.87. The number of esters is 1. The highest BCUT2D eigenvalue weighted by atomic mass is 16.5. The summed E-state index contributed by atoms with van der Waals surface area (Å²) in [7, 11) is 1.40. The van der Waals surface area contributed by atoms with Crippen molar-refractivity contribution in [1.29, 1.82) is 0 Å². The van der Waals surface area contributed by atoms with Crippen molar-refractivity contribution in [3.05, 3.63) is 0 Å². The van der Waals surface area contributed by atoms with Gasteiger partial charge in [0, 0.05) is 0 Å². The van der Waals surface area contributed by atoms with Crippen LogP contribution in [0.1, 0.15) is 19.8 Å². The van der Waals surface area contributed by atoms with E-state index in [1.807, 2.05) is 4.90 Å². The third-order valence-electron chi connectivity index (χ3n) is 3.02. The molecular formula is C10H18N2O3. The molecular weight excluding hydrogens is 196 g/mol. The molecule has 0 aromatic heterocycles. The van der Waals surface area contributed by atoms with E-state index in [9.17, 15) is 9.59 Å². The molecule has 0 aromatic carbocycles. The van der Waals surface area contributed by atoms with Crippen LogP contribution in [0.2, 0.25) is 0 Å². The van der Waals surface area contributed by atoms with Crippen molar-refractivity contribution in [1.82, 2.24) is 4.90 Å². The summed E-state index contributed by atoms with van der Waals surface area (Å²) in [6.45, 7) is 3.24. The van der Waals surface area contributed by atoms with E-state index in [0.717, 1.165) is 25.9 Å². The summed E-state index contributed by atoms with van der Waals surface area (Å²) in [6.07, 6.45) is 1.48. The van der Waals surface area contributed by atoms with E-state index in [0.29, 0.717) is 0 Å². The van der Waals surface area contributed by atoms with Crippen LogP contribution in [0.25, 0.3) is 0 Å². The van der Waals surface area contributed by atoms with Crippen molar-refractivity contribution >= 4 is 11.9 Å². The van der Waals surface area contributed by atoms with E-state index in [1.165, 1.54) is 7.11 Å². The number of nitrogens with two attached hydrogens (primary N) is 1. The second kappa shape index (κ2) is 5.11. The van der Waals surface area contributed by atoms with E-state index < -0.39 is 0 Å². The Bertz CT molecular complexity index is 247. The Hall–Kier alpha value is -1.10. The number of piperidine rings is 1. The molecule has 5 heteroatoms. The third kappa shape index (κ3) is 2.92. The molecule has 15 heavy (non-hydrogen) atoms. The van der Waals surface area contributed by atoms with Crippen LogP contribution in [-0.2, 0) is 14.3 Å². The molecule has 1 atom stereocenters. The Labute approximate surface area is 89.6 Å². The van der Waals surface area contributed by atoms with E-state index in [-0.39, 0.29) is 23.8 Å². The lowest BCUT2D eigenvalue weighted by Crippen LogP contribution is -2.47. The van der Waals surface area contributed by atoms with E-state index in [2.05, 4.69) is 4.74 Å². The summed E-state index contributed by atoms with van der Waals surface area (Å²) in [5.41, 5.74) is 5.22. The minimum Gasteiger partial charge on any atom is -0.469 e. The molecule has 0 radical (unpaired) electrons. The summed E-state index contributed by atoms with van der Waals surface area (Å²) >= 11 is 0. The topological polar surface area (TPSA) is 72.6 Å². The summed E-state index contributed by atoms with van der Waals surface area (Å²) in [6, 6.07) is -0.247. The summed E-state index contributed by atoms with van der Waals surface area (Å²) < 4.78 is 4.68. The highest BCUT2D eigenvalue weighted by Gasteiger charge is 2.29. The van der Waals surface area contributed by atoms with Gasteiger partial charge in [0.2, 0.25) is 5.91 Å². The Morgan fingerprint density at radius 2 is 1.93 bits per heavy atom. The molecule has 0 bridgehead atoms. The molecule has 0 saturated carbocycles. The molecule has 1 fully saturated rings. The van der Waals surface area contributed by atoms with Gasteiger partial charge in [0.25, 0.3) is 0 Å². The number of carbonyl (C=O) groups is 2. The number of amides is 1. The quantitative estimate of drug-likeness (QED) is 0.657. The van der Waals surface area contributed by atoms with Crippen molar-refractivity contribution in [3.63, 3.8) is 0 Å². The van der Waals surface area contributed by atoms with Gasteiger partial charge < -0.3 is 10.5 Å². The maximum absolute atomic E-state index is 11.2. The fraction of sp³-hybridized carbons (Fsp3) is 0.800. The van der Waals surface area contributed by atoms with Gasteiger partial charge in [-0.1, -0.05) is 0 Å². The first-order valence-corrected chi connectivity index (χ1v) is 5.17. The van der Waals surface area contributed by atoms with Crippen molar-refractivity contribution in [2.75, 3.05) is 20.2 Å². The van der Waals surface area contributed by atoms with Crippen LogP contribution in [0, 0.1) is 5.92 Å². The highest BCUT2D eigenvalue weighted by molar-refractivity contribution is 5.79. The minimum absolute atomic E-state index is 0.0219. The SMILES string of the molecule is COC(=O)C1CCN([C@H](C)C(N)=O)CC1. The fourth-order valence-electron chi connectivity index (χ4n) is 1.87. The van der Waals surface area contributed by atoms with Gasteiger partial charge in [-0.15, -0.1) is 0 Å². The van der Waals surface area contributed by atoms with E-state index >= 15 is 0 Å². The number of methoxy groups -OCH3 is 1. The van der Waals surface area contributed by atoms with E-state index in [1.54, 1.807) is 6.92 Å². The lowest BCUT2D eigenvalue weighted by molar-refractivity contribution is -0.147. The lowest BCUT2D eigenvalue weighted by Gasteiger charge is -2.33. The Morgan fingerprint density at radius 3 is 2.33 bits per heavy atom. The van der Waals surface area contributed by atoms with Crippen LogP contribution >= 0.6 is 0 Å². The zero-order valence-corrected chi connectivity index (χ0v) is 9.23. The van der Waals surface area contributed by atoms with Crippen LogP contribution in [0.5, 0.6) is 0 Å². The molecule has 1 saturated heterocycles. The maximum Gasteiger partial charge on any atom is 0.308 e. The molecule has 5 nitrogen and oxygen atoms in total. The number of likely N-dealkylation sites (tertiary alicyclic amines) is 1. The normalized spacial score (nSPS) is 20.9. The zero-order chi connectivity index (χ0) is 11.4. The molecule has 1 aliphatic heterocycles. The summed E-state index contributed by atoms with van der Waals surface area (Å²) in [4.78, 5) is 24.2. The Balaban J connectivity index is 2.42. The highest BCUT2D eigenvalue weighted by Crippen LogP contribution is 2.19. The number of nitrogens with zero attached hydrogens (tertiary/aromatic N) is 1. The summed E-state index contributed by atoms with van der Waals surface area (Å²) in [5.74, 6) is -0.487. The number of rotatable bonds is 3. The smallest absolute Gasteiger partial charge is 0.308 e. The first kappa shape index (κ1) is 12.0. The molecule has 1 amide bonds. The minimum atomic E-state index is -0.313. The molecule has 0 unspecified atom stereocenters. The Kier molecular flexibility index (Phi) is 4.08. The first-order chi connectivity index (χ1) is 7.06. The van der Waals surface area contributed by atoms with E-state index in [4.69, 9.17) is 5.73 Å². The molecule has 0 aliphatic carbocycles. The second-order valence-corrected chi connectivity index (χ2v) is 3.91. The van der Waals surface area contributed by atoms with Gasteiger partial charge in [0.15, 0.2) is 0 Å². The molecule has 1 aliphatic rings. The number of hydrogen-bond acceptors (Lipinski definition) is 4. The predicted octanol–water partition coefficient (Wildman–Crippen LogP) is -0.255. The van der Waals surface area contributed by atoms with Gasteiger partial charge in [-0.2, -0.15) is 0 Å². The largest absolute Gasteiger partial charge is 0.469 e. The molecule has 1 heterocycles. The Morgan fingerprint density at radius 1 is 1.40 bits per heavy atom. The van der Waals surface area contributed by atoms with Gasteiger partial charge in [-0.05, 0) is 32.9 Å². The monoisotopic (exact) mass is 214 g/mol. The average molecular weight is 214 g/mol. The van der Waals surface area contributed by atoms with Crippen molar-refractivity contribution in [2.24, 2.45) is 11.7 Å². The average Bonchev–Trinajstić information content (AvgIpc) is 2.27. The van der Waals surface area contributed by atoms with Crippen molar-refractivity contribution in [3.8, 4) is 0 Å². The standard InChI is InChI=1S/C10H18N2O3/c1-7(9(11)13)12-5-3-8(4-6-12)10(14)15-2/h7-8H,3-6H2,1-2H3,(H2,11,13)/t7-/m1/s1. The molecule has 86 valence electrons. The van der Waals surface area contributed by atoms with Crippen molar-refractivity contribution < 1.29 is 14.3 Å². The van der Waals surface area contributed by atoms with Gasteiger partial charge >= 0.3 is 5.97 Å². The molecule has 0 aromatic rings. The molecule has 2 N–H and O–H groups in total. The van der Waals surface area contributed by atoms with Crippen molar-refractivity contribution in [2.45, 2.75) is 25.8 Å². The number of hydrogen-bond donors (Lipinski definition) is 1. The molecule has 0 spiro atoms. The van der Waals surface area contributed by atoms with Gasteiger partial charge in [0.1, 0.15) is 0 Å². The van der Waals surface area contributed by atoms with Crippen LogP contribution in [0.15, 0.2) is 0 Å². The molecule has 1 rings (SSSR count). The van der Waals surface area contributed by atoms with Crippen LogP contribution in [-0.4, -0.2) is 43.0 Å². The summed E-state index contributed by atoms with van der Waals surface area (Å²) in [5, 5.41) is 0. The van der Waals surface area contributed by atoms with Gasteiger partial charge in [-0.3, -0.25) is 14.5 Å². The number of carbonyl (C=O) groups excluding carboxylic acids is 2. The first-order valence-electron chi connectivity index (χ1n) is 5.17.